The van der Waals surface area contributed by atoms with Crippen molar-refractivity contribution < 1.29 is 0 Å². The van der Waals surface area contributed by atoms with Crippen LogP contribution in [0.1, 0.15) is 51.9 Å². The predicted octanol–water partition coefficient (Wildman–Crippen LogP) is 3.26. The molecular formula is C11H17N. The van der Waals surface area contributed by atoms with Gasteiger partial charge in [-0.15, -0.1) is 0 Å². The van der Waals surface area contributed by atoms with Gasteiger partial charge in [-0.2, -0.15) is 5.26 Å². The first kappa shape index (κ1) is 8.10. The van der Waals surface area contributed by atoms with Gasteiger partial charge in [0.2, 0.25) is 0 Å². The Labute approximate surface area is 74.8 Å². The normalized spacial score (nSPS) is 45.7. The van der Waals surface area contributed by atoms with Crippen LogP contribution in [-0.4, -0.2) is 0 Å². The number of rotatable bonds is 1. The summed E-state index contributed by atoms with van der Waals surface area (Å²) in [4.78, 5) is 0. The summed E-state index contributed by atoms with van der Waals surface area (Å²) in [5.74, 6) is 0. The summed E-state index contributed by atoms with van der Waals surface area (Å²) in [6, 6.07) is 2.37. The third kappa shape index (κ3) is 1.14. The van der Waals surface area contributed by atoms with Crippen LogP contribution in [0.4, 0.5) is 0 Å². The second kappa shape index (κ2) is 2.49. The summed E-state index contributed by atoms with van der Waals surface area (Å²) in [7, 11) is 0. The minimum atomic E-state index is 0.451. The Hall–Kier alpha value is -0.510. The summed E-state index contributed by atoms with van der Waals surface area (Å²) in [5, 5.41) is 8.75. The lowest BCUT2D eigenvalue weighted by Crippen LogP contribution is -2.39. The summed E-state index contributed by atoms with van der Waals surface area (Å²) in [6.07, 6.45) is 8.87. The molecule has 3 rings (SSSR count). The molecule has 0 unspecified atom stereocenters. The van der Waals surface area contributed by atoms with E-state index in [9.17, 15) is 0 Å². The predicted molar refractivity (Wildman–Crippen MR) is 48.5 cm³/mol. The molecule has 66 valence electrons. The van der Waals surface area contributed by atoms with Crippen LogP contribution in [-0.2, 0) is 0 Å². The van der Waals surface area contributed by atoms with E-state index in [0.717, 1.165) is 6.42 Å². The molecule has 1 nitrogen and oxygen atoms in total. The van der Waals surface area contributed by atoms with Crippen LogP contribution in [0.3, 0.4) is 0 Å². The highest BCUT2D eigenvalue weighted by atomic mass is 14.5. The number of nitriles is 1. The average molecular weight is 163 g/mol. The summed E-state index contributed by atoms with van der Waals surface area (Å²) < 4.78 is 0. The van der Waals surface area contributed by atoms with E-state index in [4.69, 9.17) is 5.26 Å². The van der Waals surface area contributed by atoms with Crippen molar-refractivity contribution in [3.8, 4) is 6.07 Å². The van der Waals surface area contributed by atoms with E-state index in [2.05, 4.69) is 13.0 Å². The molecule has 2 bridgehead atoms. The van der Waals surface area contributed by atoms with Crippen molar-refractivity contribution in [2.45, 2.75) is 51.9 Å². The van der Waals surface area contributed by atoms with Gasteiger partial charge >= 0.3 is 0 Å². The van der Waals surface area contributed by atoms with Crippen LogP contribution in [0.15, 0.2) is 0 Å². The van der Waals surface area contributed by atoms with E-state index in [-0.39, 0.29) is 0 Å². The van der Waals surface area contributed by atoms with Gasteiger partial charge in [-0.25, -0.2) is 0 Å². The average Bonchev–Trinajstić information content (AvgIpc) is 2.08. The van der Waals surface area contributed by atoms with E-state index in [1.807, 2.05) is 0 Å². The molecule has 0 aliphatic heterocycles. The van der Waals surface area contributed by atoms with Gasteiger partial charge in [-0.1, -0.05) is 6.92 Å². The number of fused-ring (bicyclic) bond motifs is 3. The number of hydrogen-bond donors (Lipinski definition) is 0. The van der Waals surface area contributed by atoms with Crippen molar-refractivity contribution >= 4 is 0 Å². The van der Waals surface area contributed by atoms with Crippen LogP contribution < -0.4 is 0 Å². The molecule has 0 heterocycles. The highest BCUT2D eigenvalue weighted by Gasteiger charge is 2.45. The minimum absolute atomic E-state index is 0.451. The molecule has 3 aliphatic carbocycles. The Balaban J connectivity index is 2.10. The van der Waals surface area contributed by atoms with Gasteiger partial charge in [0.1, 0.15) is 0 Å². The van der Waals surface area contributed by atoms with Gasteiger partial charge in [0.05, 0.1) is 6.07 Å². The highest BCUT2D eigenvalue weighted by Crippen LogP contribution is 2.57. The lowest BCUT2D eigenvalue weighted by atomic mass is 9.54. The molecule has 3 fully saturated rings. The molecule has 0 amide bonds. The van der Waals surface area contributed by atoms with Crippen molar-refractivity contribution in [2.24, 2.45) is 10.8 Å². The SMILES string of the molecule is CC12CCC(CC#N)(CC1)CC2. The molecule has 3 saturated carbocycles. The molecule has 12 heavy (non-hydrogen) atoms. The van der Waals surface area contributed by atoms with E-state index >= 15 is 0 Å². The smallest absolute Gasteiger partial charge is 0.0627 e. The number of hydrogen-bond acceptors (Lipinski definition) is 1. The van der Waals surface area contributed by atoms with Crippen molar-refractivity contribution in [3.63, 3.8) is 0 Å². The Morgan fingerprint density at radius 3 is 2.00 bits per heavy atom. The Bertz CT molecular complexity index is 199. The third-order valence-electron chi connectivity index (χ3n) is 4.23. The molecule has 0 aromatic carbocycles. The second-order valence-corrected chi connectivity index (χ2v) is 5.15. The minimum Gasteiger partial charge on any atom is -0.198 e. The van der Waals surface area contributed by atoms with Crippen molar-refractivity contribution in [3.05, 3.63) is 0 Å². The van der Waals surface area contributed by atoms with Crippen LogP contribution in [0, 0.1) is 22.2 Å². The molecule has 0 aromatic heterocycles. The molecule has 0 atom stereocenters. The molecule has 1 heteroatoms. The molecule has 0 N–H and O–H groups in total. The maximum atomic E-state index is 8.75. The summed E-state index contributed by atoms with van der Waals surface area (Å²) in [6.45, 7) is 2.42. The lowest BCUT2D eigenvalue weighted by molar-refractivity contribution is 0.00653. The Morgan fingerprint density at radius 2 is 1.58 bits per heavy atom. The molecule has 0 spiro atoms. The molecular weight excluding hydrogens is 146 g/mol. The molecule has 0 radical (unpaired) electrons. The lowest BCUT2D eigenvalue weighted by Gasteiger charge is -2.51. The summed E-state index contributed by atoms with van der Waals surface area (Å²) in [5.41, 5.74) is 1.10. The quantitative estimate of drug-likeness (QED) is 0.582. The second-order valence-electron chi connectivity index (χ2n) is 5.15. The van der Waals surface area contributed by atoms with Gasteiger partial charge < -0.3 is 0 Å². The first-order chi connectivity index (χ1) is 5.68. The summed E-state index contributed by atoms with van der Waals surface area (Å²) >= 11 is 0. The first-order valence-electron chi connectivity index (χ1n) is 5.05. The van der Waals surface area contributed by atoms with Gasteiger partial charge in [0, 0.05) is 6.42 Å². The molecule has 0 saturated heterocycles. The van der Waals surface area contributed by atoms with E-state index in [1.165, 1.54) is 38.5 Å². The third-order valence-corrected chi connectivity index (χ3v) is 4.23. The van der Waals surface area contributed by atoms with E-state index in [1.54, 1.807) is 0 Å². The zero-order chi connectivity index (χ0) is 8.66. The fourth-order valence-electron chi connectivity index (χ4n) is 2.88. The van der Waals surface area contributed by atoms with Gasteiger partial charge in [0.25, 0.3) is 0 Å². The van der Waals surface area contributed by atoms with Crippen LogP contribution in [0.5, 0.6) is 0 Å². The zero-order valence-corrected chi connectivity index (χ0v) is 7.90. The van der Waals surface area contributed by atoms with Gasteiger partial charge in [0.15, 0.2) is 0 Å². The highest BCUT2D eigenvalue weighted by molar-refractivity contribution is 5.00. The first-order valence-corrected chi connectivity index (χ1v) is 5.05. The topological polar surface area (TPSA) is 23.8 Å². The van der Waals surface area contributed by atoms with Crippen molar-refractivity contribution in [1.29, 1.82) is 5.26 Å². The zero-order valence-electron chi connectivity index (χ0n) is 7.90. The largest absolute Gasteiger partial charge is 0.198 e. The fourth-order valence-corrected chi connectivity index (χ4v) is 2.88. The Morgan fingerprint density at radius 1 is 1.08 bits per heavy atom. The maximum absolute atomic E-state index is 8.75. The monoisotopic (exact) mass is 163 g/mol. The van der Waals surface area contributed by atoms with E-state index < -0.39 is 0 Å². The van der Waals surface area contributed by atoms with Crippen LogP contribution in [0.25, 0.3) is 0 Å². The Kier molecular flexibility index (Phi) is 1.68. The standard InChI is InChI=1S/C11H17N/c1-10-2-5-11(6-3-10,7-4-10)8-9-12/h2-8H2,1H3. The van der Waals surface area contributed by atoms with E-state index in [0.29, 0.717) is 10.8 Å². The van der Waals surface area contributed by atoms with Gasteiger partial charge in [-0.3, -0.25) is 0 Å². The van der Waals surface area contributed by atoms with Crippen molar-refractivity contribution in [1.82, 2.24) is 0 Å². The van der Waals surface area contributed by atoms with Crippen LogP contribution >= 0.6 is 0 Å². The van der Waals surface area contributed by atoms with Crippen LogP contribution in [0.2, 0.25) is 0 Å². The molecule has 0 aromatic rings. The fraction of sp³-hybridized carbons (Fsp3) is 0.909. The maximum Gasteiger partial charge on any atom is 0.0627 e. The van der Waals surface area contributed by atoms with Crippen molar-refractivity contribution in [2.75, 3.05) is 0 Å². The number of nitrogens with zero attached hydrogens (tertiary/aromatic N) is 1. The van der Waals surface area contributed by atoms with Gasteiger partial charge in [-0.05, 0) is 49.4 Å². The molecule has 3 aliphatic rings.